The standard InChI is InChI=1S/C48H81N3O46S10/c1-23(2)7-6-8-24(3)29-11-12-30-28-10-9-25-17-27(13-15-47(25,4)31(28)14-16-48(29,30)5)82-19-26-18-51(50-49-26)44-41(95-105(73,74)75)38(92-102(64,65)66)35(32(86-44)20-83-98(52,53)54)89-45-42(96-106(76,77)78)39(93-103(67,68)69)36(33(87-45)21-84-99(55,56)57)90-46-43(97-107(79,80)81)40(94-104(70,71)72)37(91-101(61,62)63)34(88-46)22-85-100(58,59)60/h18,23-25,27-46H,6-17,19-22H2,1-5H3,(H,52,53,54)(H,55,56,57)(H,58,59,60)(H,61,62,63)(H,64,65,66)(H,67,68,69)(H,70,71,72)(H,73,74,75)(H,76,77,78)(H,79,80,81)/t24-,25?,27?,28+,29-,30+,31+,32-,33-,34-,35?,36?,37-,38+,39+,40+,41-,42-,43-,44?,45?,46?,47+,48-/m1/s1. The Labute approximate surface area is 615 Å². The van der Waals surface area contributed by atoms with Gasteiger partial charge in [0.25, 0.3) is 0 Å². The molecule has 1 aromatic rings. The summed E-state index contributed by atoms with van der Waals surface area (Å²) in [6, 6.07) is 0. The molecule has 107 heavy (non-hydrogen) atoms. The minimum atomic E-state index is -6.57. The zero-order valence-electron chi connectivity index (χ0n) is 56.3. The molecule has 0 amide bonds. The molecule has 7 unspecified atom stereocenters. The Morgan fingerprint density at radius 2 is 0.860 bits per heavy atom. The molecule has 10 N–H and O–H groups in total. The summed E-state index contributed by atoms with van der Waals surface area (Å²) < 4.78 is 427. The first kappa shape index (κ1) is 90.1. The van der Waals surface area contributed by atoms with E-state index in [9.17, 15) is 130 Å². The molecule has 0 bridgehead atoms. The summed E-state index contributed by atoms with van der Waals surface area (Å²) in [5.74, 6) is 3.73. The Hall–Kier alpha value is -2.40. The number of ether oxygens (including phenoxy) is 6. The maximum Gasteiger partial charge on any atom is 0.397 e. The minimum absolute atomic E-state index is 0.0230. The second kappa shape index (κ2) is 33.8. The summed E-state index contributed by atoms with van der Waals surface area (Å²) >= 11 is 0. The lowest BCUT2D eigenvalue weighted by Crippen LogP contribution is -2.68. The maximum absolute atomic E-state index is 12.9. The number of rotatable bonds is 36. The molecular formula is C48H81N3O46S10. The van der Waals surface area contributed by atoms with Crippen LogP contribution in [0.15, 0.2) is 6.20 Å². The molecule has 7 fully saturated rings. The minimum Gasteiger partial charge on any atom is -0.372 e. The lowest BCUT2D eigenvalue weighted by Gasteiger charge is -2.61. The van der Waals surface area contributed by atoms with Crippen LogP contribution < -0.4 is 0 Å². The van der Waals surface area contributed by atoms with Crippen molar-refractivity contribution in [3.63, 3.8) is 0 Å². The summed E-state index contributed by atoms with van der Waals surface area (Å²) in [4.78, 5) is 0. The Kier molecular flexibility index (Phi) is 28.5. The lowest BCUT2D eigenvalue weighted by atomic mass is 9.44. The molecular weight excluding hydrogens is 1680 g/mol. The summed E-state index contributed by atoms with van der Waals surface area (Å²) in [6.45, 7) is 5.19. The number of aromatic nitrogens is 3. The zero-order valence-corrected chi connectivity index (χ0v) is 64.4. The first-order valence-corrected chi connectivity index (χ1v) is 45.6. The molecule has 4 aliphatic carbocycles. The molecule has 0 aromatic carbocycles. The molecule has 8 rings (SSSR count). The van der Waals surface area contributed by atoms with Crippen LogP contribution in [-0.4, -0.2) is 256 Å². The van der Waals surface area contributed by atoms with Gasteiger partial charge in [-0.15, -0.1) is 5.10 Å². The van der Waals surface area contributed by atoms with Crippen LogP contribution in [-0.2, 0) is 181 Å². The fourth-order valence-electron chi connectivity index (χ4n) is 16.4. The average molecular weight is 1760 g/mol. The van der Waals surface area contributed by atoms with Crippen LogP contribution in [0.5, 0.6) is 0 Å². The quantitative estimate of drug-likeness (QED) is 0.0367. The van der Waals surface area contributed by atoms with Crippen molar-refractivity contribution in [1.82, 2.24) is 15.0 Å². The third-order valence-electron chi connectivity index (χ3n) is 20.3. The van der Waals surface area contributed by atoms with Crippen molar-refractivity contribution in [3.8, 4) is 0 Å². The zero-order chi connectivity index (χ0) is 80.2. The van der Waals surface area contributed by atoms with Gasteiger partial charge in [0, 0.05) is 0 Å². The van der Waals surface area contributed by atoms with Crippen LogP contribution in [0.3, 0.4) is 0 Å². The number of hydrogen-bond acceptors (Lipinski definition) is 38. The van der Waals surface area contributed by atoms with Crippen molar-refractivity contribution in [2.45, 2.75) is 216 Å². The van der Waals surface area contributed by atoms with E-state index in [1.54, 1.807) is 0 Å². The van der Waals surface area contributed by atoms with Crippen LogP contribution in [0, 0.1) is 52.3 Å². The molecule has 0 radical (unpaired) electrons. The van der Waals surface area contributed by atoms with E-state index in [-0.39, 0.29) is 22.4 Å². The van der Waals surface area contributed by atoms with Gasteiger partial charge in [-0.05, 0) is 110 Å². The van der Waals surface area contributed by atoms with Gasteiger partial charge in [0.1, 0.15) is 60.6 Å². The van der Waals surface area contributed by atoms with Crippen LogP contribution >= 0.6 is 0 Å². The van der Waals surface area contributed by atoms with Crippen molar-refractivity contribution in [1.29, 1.82) is 0 Å². The number of fused-ring (bicyclic) bond motifs is 5. The highest BCUT2D eigenvalue weighted by atomic mass is 32.3. The van der Waals surface area contributed by atoms with Gasteiger partial charge in [0.2, 0.25) is 0 Å². The SMILES string of the molecule is CC(C)CCC[C@@H](C)[C@H]1CC[C@H]2[C@@H]3CCC4CC(OCc5cn(C6O[C@H](COS(=O)(=O)O)C(OC7O[C@H](COS(=O)(=O)O)C(OC8O[C@H](COS(=O)(=O)O)[C@@H](OS(=O)(=O)O)[C@H](OS(=O)(=O)O)[C@H]8OS(=O)(=O)O)[C@H](OS(=O)(=O)O)[C@H]7OS(=O)(=O)O)[C@H](OS(=O)(=O)O)[C@H]6OS(=O)(=O)O)nn5)CC[C@]4(C)[C@H]3CC[C@]12C. The highest BCUT2D eigenvalue weighted by molar-refractivity contribution is 7.83. The van der Waals surface area contributed by atoms with Crippen LogP contribution in [0.1, 0.15) is 124 Å². The van der Waals surface area contributed by atoms with Gasteiger partial charge < -0.3 is 28.4 Å². The van der Waals surface area contributed by atoms with Crippen LogP contribution in [0.2, 0.25) is 0 Å². The molecule has 4 saturated carbocycles. The van der Waals surface area contributed by atoms with Gasteiger partial charge in [0.15, 0.2) is 37.1 Å². The van der Waals surface area contributed by atoms with E-state index < -0.39 is 229 Å². The maximum atomic E-state index is 12.9. The topological polar surface area (TPSA) is 722 Å². The fraction of sp³-hybridized carbons (Fsp3) is 0.958. The number of nitrogens with zero attached hydrogens (tertiary/aromatic N) is 3. The normalized spacial score (nSPS) is 36.3. The van der Waals surface area contributed by atoms with Crippen molar-refractivity contribution >= 4 is 104 Å². The van der Waals surface area contributed by atoms with Crippen LogP contribution in [0.4, 0.5) is 0 Å². The van der Waals surface area contributed by atoms with Crippen molar-refractivity contribution in [2.24, 2.45) is 52.3 Å². The Balaban J connectivity index is 1.14. The van der Waals surface area contributed by atoms with Crippen LogP contribution in [0.25, 0.3) is 0 Å². The van der Waals surface area contributed by atoms with Gasteiger partial charge >= 0.3 is 104 Å². The van der Waals surface area contributed by atoms with E-state index in [2.05, 4.69) is 78.4 Å². The van der Waals surface area contributed by atoms with Gasteiger partial charge in [-0.3, -0.25) is 45.5 Å². The van der Waals surface area contributed by atoms with Crippen molar-refractivity contribution < 1.29 is 200 Å². The fourth-order valence-corrected chi connectivity index (χ4v) is 20.8. The Morgan fingerprint density at radius 3 is 1.32 bits per heavy atom. The first-order chi connectivity index (χ1) is 48.7. The molecule has 0 spiro atoms. The summed E-state index contributed by atoms with van der Waals surface area (Å²) in [7, 11) is -62.4. The summed E-state index contributed by atoms with van der Waals surface area (Å²) in [5, 5.41) is 7.81. The predicted molar refractivity (Wildman–Crippen MR) is 340 cm³/mol. The second-order valence-electron chi connectivity index (χ2n) is 27.5. The van der Waals surface area contributed by atoms with Gasteiger partial charge in [-0.25, -0.2) is 46.5 Å². The molecule has 7 aliphatic rings. The van der Waals surface area contributed by atoms with E-state index in [4.69, 9.17) is 36.8 Å². The molecule has 3 aliphatic heterocycles. The summed E-state index contributed by atoms with van der Waals surface area (Å²) in [5.41, 5.74) is 0.0608. The van der Waals surface area contributed by atoms with E-state index in [1.165, 1.54) is 32.1 Å². The van der Waals surface area contributed by atoms with Crippen molar-refractivity contribution in [2.75, 3.05) is 19.8 Å². The third-order valence-corrected chi connectivity index (χ3v) is 24.8. The second-order valence-corrected chi connectivity index (χ2v) is 38.1. The van der Waals surface area contributed by atoms with E-state index in [0.717, 1.165) is 38.3 Å². The van der Waals surface area contributed by atoms with Gasteiger partial charge in [0.05, 0.1) is 38.7 Å². The van der Waals surface area contributed by atoms with E-state index in [1.807, 2.05) is 0 Å². The highest BCUT2D eigenvalue weighted by Gasteiger charge is 2.64. The molecule has 4 heterocycles. The highest BCUT2D eigenvalue weighted by Crippen LogP contribution is 2.68. The lowest BCUT2D eigenvalue weighted by molar-refractivity contribution is -0.364. The smallest absolute Gasteiger partial charge is 0.372 e. The monoisotopic (exact) mass is 1760 g/mol. The van der Waals surface area contributed by atoms with Gasteiger partial charge in [-0.1, -0.05) is 59.1 Å². The van der Waals surface area contributed by atoms with E-state index in [0.29, 0.717) is 53.0 Å². The third kappa shape index (κ3) is 25.5. The Morgan fingerprint density at radius 1 is 0.458 bits per heavy atom. The molecule has 624 valence electrons. The van der Waals surface area contributed by atoms with Crippen molar-refractivity contribution in [3.05, 3.63) is 11.9 Å². The van der Waals surface area contributed by atoms with E-state index >= 15 is 0 Å². The first-order valence-electron chi connectivity index (χ1n) is 31.9. The Bertz CT molecular complexity index is 4480. The molecule has 24 atom stereocenters. The average Bonchev–Trinajstić information content (AvgIpc) is 1.69. The molecule has 1 aromatic heterocycles. The molecule has 3 saturated heterocycles. The molecule has 59 heteroatoms. The van der Waals surface area contributed by atoms with Gasteiger partial charge in [-0.2, -0.15) is 84.2 Å². The summed E-state index contributed by atoms with van der Waals surface area (Å²) in [6.07, 6.45) is -36.9. The largest absolute Gasteiger partial charge is 0.397 e. The predicted octanol–water partition coefficient (Wildman–Crippen LogP) is -0.824. The molecule has 49 nitrogen and oxygen atoms in total. The number of hydrogen-bond donors (Lipinski definition) is 10.